The van der Waals surface area contributed by atoms with Crippen molar-refractivity contribution in [1.82, 2.24) is 0 Å². The number of carbonyl (C=O) groups excluding carboxylic acids is 2. The highest BCUT2D eigenvalue weighted by atomic mass is 16.6. The monoisotopic (exact) mass is 320 g/mol. The fourth-order valence-electron chi connectivity index (χ4n) is 2.87. The average Bonchev–Trinajstić information content (AvgIpc) is 2.97. The van der Waals surface area contributed by atoms with Gasteiger partial charge in [0, 0.05) is 12.3 Å². The first-order valence-corrected chi connectivity index (χ1v) is 8.09. The number of carbonyl (C=O) groups is 2. The second kappa shape index (κ2) is 8.22. The van der Waals surface area contributed by atoms with Crippen LogP contribution in [0.15, 0.2) is 24.3 Å². The van der Waals surface area contributed by atoms with Crippen LogP contribution in [0.1, 0.15) is 43.2 Å². The number of Topliss-reactive ketones (excluding diaryl/α,β-unsaturated/α-hetero) is 1. The second-order valence-electron chi connectivity index (χ2n) is 6.15. The molecule has 1 saturated carbocycles. The minimum absolute atomic E-state index is 0.137. The molecule has 1 fully saturated rings. The van der Waals surface area contributed by atoms with E-state index in [1.54, 1.807) is 6.92 Å². The van der Waals surface area contributed by atoms with Crippen LogP contribution >= 0.6 is 0 Å². The summed E-state index contributed by atoms with van der Waals surface area (Å²) in [6.07, 6.45) is 2.53. The van der Waals surface area contributed by atoms with Crippen molar-refractivity contribution in [1.29, 1.82) is 0 Å². The molecule has 23 heavy (non-hydrogen) atoms. The molecule has 0 heterocycles. The number of ether oxygens (including phenoxy) is 1. The van der Waals surface area contributed by atoms with Gasteiger partial charge in [-0.15, -0.1) is 0 Å². The summed E-state index contributed by atoms with van der Waals surface area (Å²) in [7, 11) is 0. The van der Waals surface area contributed by atoms with Gasteiger partial charge < -0.3 is 14.9 Å². The van der Waals surface area contributed by atoms with E-state index in [1.165, 1.54) is 0 Å². The summed E-state index contributed by atoms with van der Waals surface area (Å²) < 4.78 is 5.03. The number of aliphatic hydroxyl groups is 2. The van der Waals surface area contributed by atoms with Gasteiger partial charge in [-0.3, -0.25) is 9.59 Å². The standard InChI is InChI=1S/C18H24O5/c1-12(18(22)23-16(10-19)11-20)14-7-5-13(6-8-14)9-15-3-2-4-17(15)21/h5-8,12,15-16,19-20H,2-4,9-11H2,1H3/t12-,15-/m1/s1. The van der Waals surface area contributed by atoms with Crippen LogP contribution in [-0.2, 0) is 20.7 Å². The van der Waals surface area contributed by atoms with E-state index in [2.05, 4.69) is 0 Å². The van der Waals surface area contributed by atoms with Gasteiger partial charge in [-0.2, -0.15) is 0 Å². The summed E-state index contributed by atoms with van der Waals surface area (Å²) in [5.74, 6) is -0.460. The van der Waals surface area contributed by atoms with Gasteiger partial charge in [0.05, 0.1) is 19.1 Å². The van der Waals surface area contributed by atoms with Gasteiger partial charge in [0.2, 0.25) is 0 Å². The molecule has 2 N–H and O–H groups in total. The molecule has 0 unspecified atom stereocenters. The molecule has 1 aromatic rings. The summed E-state index contributed by atoms with van der Waals surface area (Å²) in [5, 5.41) is 17.9. The molecule has 0 aliphatic heterocycles. The molecule has 0 radical (unpaired) electrons. The molecular formula is C18H24O5. The third kappa shape index (κ3) is 4.62. The SMILES string of the molecule is C[C@@H](C(=O)OC(CO)CO)c1ccc(C[C@H]2CCCC2=O)cc1. The van der Waals surface area contributed by atoms with Crippen LogP contribution < -0.4 is 0 Å². The summed E-state index contributed by atoms with van der Waals surface area (Å²) in [5.41, 5.74) is 1.91. The maximum atomic E-state index is 12.0. The zero-order valence-corrected chi connectivity index (χ0v) is 13.4. The Bertz CT molecular complexity index is 533. The molecule has 126 valence electrons. The van der Waals surface area contributed by atoms with Gasteiger partial charge in [-0.1, -0.05) is 24.3 Å². The van der Waals surface area contributed by atoms with Crippen molar-refractivity contribution in [3.63, 3.8) is 0 Å². The van der Waals surface area contributed by atoms with E-state index in [-0.39, 0.29) is 5.92 Å². The lowest BCUT2D eigenvalue weighted by Crippen LogP contribution is -2.27. The van der Waals surface area contributed by atoms with Crippen molar-refractivity contribution in [2.24, 2.45) is 5.92 Å². The molecular weight excluding hydrogens is 296 g/mol. The number of hydrogen-bond donors (Lipinski definition) is 2. The molecule has 0 bridgehead atoms. The zero-order valence-electron chi connectivity index (χ0n) is 13.4. The van der Waals surface area contributed by atoms with Gasteiger partial charge in [0.1, 0.15) is 11.9 Å². The Morgan fingerprint density at radius 2 is 1.91 bits per heavy atom. The van der Waals surface area contributed by atoms with Crippen molar-refractivity contribution in [2.75, 3.05) is 13.2 Å². The van der Waals surface area contributed by atoms with E-state index in [0.717, 1.165) is 30.4 Å². The van der Waals surface area contributed by atoms with E-state index in [1.807, 2.05) is 24.3 Å². The Balaban J connectivity index is 1.95. The van der Waals surface area contributed by atoms with Gasteiger partial charge in [-0.25, -0.2) is 0 Å². The number of hydrogen-bond acceptors (Lipinski definition) is 5. The fraction of sp³-hybridized carbons (Fsp3) is 0.556. The third-order valence-corrected chi connectivity index (χ3v) is 4.44. The van der Waals surface area contributed by atoms with Crippen LogP contribution in [0.5, 0.6) is 0 Å². The van der Waals surface area contributed by atoms with Crippen LogP contribution in [-0.4, -0.2) is 41.3 Å². The highest BCUT2D eigenvalue weighted by Crippen LogP contribution is 2.26. The molecule has 5 heteroatoms. The van der Waals surface area contributed by atoms with Crippen molar-refractivity contribution in [3.05, 3.63) is 35.4 Å². The van der Waals surface area contributed by atoms with Gasteiger partial charge in [-0.05, 0) is 37.3 Å². The van der Waals surface area contributed by atoms with E-state index >= 15 is 0 Å². The van der Waals surface area contributed by atoms with Crippen LogP contribution in [0.3, 0.4) is 0 Å². The predicted octanol–water partition coefficient (Wildman–Crippen LogP) is 1.60. The Morgan fingerprint density at radius 1 is 1.26 bits per heavy atom. The van der Waals surface area contributed by atoms with Crippen molar-refractivity contribution in [2.45, 2.75) is 44.6 Å². The Morgan fingerprint density at radius 3 is 2.43 bits per heavy atom. The van der Waals surface area contributed by atoms with E-state index in [0.29, 0.717) is 12.2 Å². The lowest BCUT2D eigenvalue weighted by atomic mass is 9.94. The topological polar surface area (TPSA) is 83.8 Å². The smallest absolute Gasteiger partial charge is 0.313 e. The van der Waals surface area contributed by atoms with E-state index in [9.17, 15) is 9.59 Å². The second-order valence-corrected chi connectivity index (χ2v) is 6.15. The van der Waals surface area contributed by atoms with E-state index < -0.39 is 31.2 Å². The largest absolute Gasteiger partial charge is 0.457 e. The Kier molecular flexibility index (Phi) is 6.30. The van der Waals surface area contributed by atoms with Crippen molar-refractivity contribution < 1.29 is 24.5 Å². The first-order valence-electron chi connectivity index (χ1n) is 8.09. The molecule has 2 rings (SSSR count). The van der Waals surface area contributed by atoms with Crippen LogP contribution in [0.4, 0.5) is 0 Å². The van der Waals surface area contributed by atoms with Gasteiger partial charge >= 0.3 is 5.97 Å². The summed E-state index contributed by atoms with van der Waals surface area (Å²) in [4.78, 5) is 23.7. The average molecular weight is 320 g/mol. The molecule has 5 nitrogen and oxygen atoms in total. The summed E-state index contributed by atoms with van der Waals surface area (Å²) >= 11 is 0. The highest BCUT2D eigenvalue weighted by Gasteiger charge is 2.25. The van der Waals surface area contributed by atoms with Crippen LogP contribution in [0.25, 0.3) is 0 Å². The van der Waals surface area contributed by atoms with Crippen LogP contribution in [0, 0.1) is 5.92 Å². The number of esters is 1. The van der Waals surface area contributed by atoms with E-state index in [4.69, 9.17) is 14.9 Å². The molecule has 1 aliphatic rings. The minimum Gasteiger partial charge on any atom is -0.457 e. The molecule has 0 amide bonds. The number of ketones is 1. The molecule has 1 aromatic carbocycles. The number of rotatable bonds is 7. The van der Waals surface area contributed by atoms with Gasteiger partial charge in [0.25, 0.3) is 0 Å². The number of benzene rings is 1. The maximum absolute atomic E-state index is 12.0. The lowest BCUT2D eigenvalue weighted by molar-refractivity contribution is -0.154. The predicted molar refractivity (Wildman–Crippen MR) is 85.0 cm³/mol. The quantitative estimate of drug-likeness (QED) is 0.746. The highest BCUT2D eigenvalue weighted by molar-refractivity contribution is 5.83. The molecule has 0 saturated heterocycles. The Hall–Kier alpha value is -1.72. The normalized spacial score (nSPS) is 19.1. The third-order valence-electron chi connectivity index (χ3n) is 4.44. The minimum atomic E-state index is -0.877. The molecule has 0 aromatic heterocycles. The van der Waals surface area contributed by atoms with Crippen molar-refractivity contribution in [3.8, 4) is 0 Å². The molecule has 2 atom stereocenters. The summed E-state index contributed by atoms with van der Waals surface area (Å²) in [6, 6.07) is 7.63. The first-order chi connectivity index (χ1) is 11.0. The maximum Gasteiger partial charge on any atom is 0.313 e. The Labute approximate surface area is 136 Å². The fourth-order valence-corrected chi connectivity index (χ4v) is 2.87. The molecule has 0 spiro atoms. The van der Waals surface area contributed by atoms with Gasteiger partial charge in [0.15, 0.2) is 0 Å². The number of aliphatic hydroxyl groups excluding tert-OH is 2. The zero-order chi connectivity index (χ0) is 16.8. The summed E-state index contributed by atoms with van der Waals surface area (Å²) in [6.45, 7) is 0.927. The first kappa shape index (κ1) is 17.6. The van der Waals surface area contributed by atoms with Crippen LogP contribution in [0.2, 0.25) is 0 Å². The molecule has 1 aliphatic carbocycles. The van der Waals surface area contributed by atoms with Crippen molar-refractivity contribution >= 4 is 11.8 Å². The lowest BCUT2D eigenvalue weighted by Gasteiger charge is -2.17.